The van der Waals surface area contributed by atoms with E-state index in [2.05, 4.69) is 34.7 Å². The van der Waals surface area contributed by atoms with Gasteiger partial charge in [0.1, 0.15) is 0 Å². The second-order valence-electron chi connectivity index (χ2n) is 4.79. The number of carbonyl (C=O) groups excluding carboxylic acids is 1. The molecule has 0 heterocycles. The minimum absolute atomic E-state index is 0.0189. The largest absolute Gasteiger partial charge is 0.289 e. The molecule has 24 heavy (non-hydrogen) atoms. The molecule has 3 aromatic carbocycles. The van der Waals surface area contributed by atoms with Crippen molar-refractivity contribution in [2.24, 2.45) is 0 Å². The molecule has 0 saturated carbocycles. The minimum Gasteiger partial charge on any atom is -0.289 e. The standard InChI is InChI=1S/C13H9NO3.C6H5I/c15-13(10-4-2-1-3-5-10)11-6-8-12(9-7-11)14(16)17;7-6-4-2-1-3-5-6/h1-9H;1-5H. The van der Waals surface area contributed by atoms with Gasteiger partial charge in [-0.05, 0) is 46.9 Å². The molecule has 0 spiro atoms. The first-order chi connectivity index (χ1) is 11.6. The Bertz CT molecular complexity index is 803. The Labute approximate surface area is 153 Å². The lowest BCUT2D eigenvalue weighted by Gasteiger charge is -2.00. The zero-order valence-corrected chi connectivity index (χ0v) is 14.8. The fourth-order valence-electron chi connectivity index (χ4n) is 1.91. The van der Waals surface area contributed by atoms with Crippen molar-refractivity contribution in [2.75, 3.05) is 0 Å². The van der Waals surface area contributed by atoms with Gasteiger partial charge in [0.2, 0.25) is 0 Å². The Morgan fingerprint density at radius 2 is 1.21 bits per heavy atom. The van der Waals surface area contributed by atoms with Crippen molar-refractivity contribution in [2.45, 2.75) is 0 Å². The van der Waals surface area contributed by atoms with Crippen molar-refractivity contribution in [3.8, 4) is 0 Å². The highest BCUT2D eigenvalue weighted by atomic mass is 127. The lowest BCUT2D eigenvalue weighted by molar-refractivity contribution is -0.384. The molecule has 0 atom stereocenters. The zero-order valence-electron chi connectivity index (χ0n) is 12.6. The Morgan fingerprint density at radius 1 is 0.750 bits per heavy atom. The second-order valence-corrected chi connectivity index (χ2v) is 6.04. The van der Waals surface area contributed by atoms with E-state index in [4.69, 9.17) is 0 Å². The molecule has 0 aliphatic heterocycles. The molecule has 120 valence electrons. The molecule has 0 N–H and O–H groups in total. The third kappa shape index (κ3) is 5.27. The fourth-order valence-corrected chi connectivity index (χ4v) is 2.32. The van der Waals surface area contributed by atoms with Gasteiger partial charge in [-0.3, -0.25) is 14.9 Å². The fraction of sp³-hybridized carbons (Fsp3) is 0. The lowest BCUT2D eigenvalue weighted by atomic mass is 10.0. The number of nitrogens with zero attached hydrogens (tertiary/aromatic N) is 1. The van der Waals surface area contributed by atoms with Gasteiger partial charge in [0.05, 0.1) is 4.92 Å². The number of halogens is 1. The van der Waals surface area contributed by atoms with Gasteiger partial charge >= 0.3 is 0 Å². The highest BCUT2D eigenvalue weighted by Crippen LogP contribution is 2.15. The predicted molar refractivity (Wildman–Crippen MR) is 102 cm³/mol. The van der Waals surface area contributed by atoms with Gasteiger partial charge in [-0.1, -0.05) is 48.5 Å². The first-order valence-corrected chi connectivity index (χ1v) is 8.20. The molecular formula is C19H14INO3. The number of hydrogen-bond acceptors (Lipinski definition) is 3. The molecular weight excluding hydrogens is 417 g/mol. The van der Waals surface area contributed by atoms with Gasteiger partial charge in [0, 0.05) is 26.8 Å². The van der Waals surface area contributed by atoms with Crippen molar-refractivity contribution < 1.29 is 9.72 Å². The Hall–Kier alpha value is -2.54. The van der Waals surface area contributed by atoms with Gasteiger partial charge in [-0.25, -0.2) is 0 Å². The number of non-ortho nitro benzene ring substituents is 1. The van der Waals surface area contributed by atoms with E-state index in [0.29, 0.717) is 11.1 Å². The van der Waals surface area contributed by atoms with Gasteiger partial charge in [-0.2, -0.15) is 0 Å². The van der Waals surface area contributed by atoms with Crippen molar-refractivity contribution in [1.82, 2.24) is 0 Å². The van der Waals surface area contributed by atoms with Crippen LogP contribution in [0.4, 0.5) is 5.69 Å². The van der Waals surface area contributed by atoms with Crippen molar-refractivity contribution in [1.29, 1.82) is 0 Å². The normalized spacial score (nSPS) is 9.54. The number of benzene rings is 3. The maximum Gasteiger partial charge on any atom is 0.269 e. The topological polar surface area (TPSA) is 60.2 Å². The molecule has 0 bridgehead atoms. The summed E-state index contributed by atoms with van der Waals surface area (Å²) in [5.41, 5.74) is 0.998. The predicted octanol–water partition coefficient (Wildman–Crippen LogP) is 5.12. The average molecular weight is 431 g/mol. The summed E-state index contributed by atoms with van der Waals surface area (Å²) in [6.07, 6.45) is 0. The van der Waals surface area contributed by atoms with Crippen molar-refractivity contribution >= 4 is 34.1 Å². The van der Waals surface area contributed by atoms with E-state index in [1.54, 1.807) is 24.3 Å². The van der Waals surface area contributed by atoms with Gasteiger partial charge in [0.25, 0.3) is 5.69 Å². The van der Waals surface area contributed by atoms with Gasteiger partial charge < -0.3 is 0 Å². The first-order valence-electron chi connectivity index (χ1n) is 7.12. The third-order valence-electron chi connectivity index (χ3n) is 3.11. The molecule has 0 fully saturated rings. The Balaban J connectivity index is 0.000000249. The van der Waals surface area contributed by atoms with Crippen molar-refractivity contribution in [3.63, 3.8) is 0 Å². The maximum atomic E-state index is 12.0. The zero-order chi connectivity index (χ0) is 17.4. The highest BCUT2D eigenvalue weighted by Gasteiger charge is 2.10. The highest BCUT2D eigenvalue weighted by molar-refractivity contribution is 14.1. The third-order valence-corrected chi connectivity index (χ3v) is 3.83. The first kappa shape index (κ1) is 17.8. The van der Waals surface area contributed by atoms with E-state index in [1.807, 2.05) is 24.3 Å². The minimum atomic E-state index is -0.489. The number of carbonyl (C=O) groups is 1. The SMILES string of the molecule is Ic1ccccc1.O=C(c1ccccc1)c1ccc([N+](=O)[O-])cc1. The van der Waals surface area contributed by atoms with Crippen LogP contribution in [0.5, 0.6) is 0 Å². The number of rotatable bonds is 3. The van der Waals surface area contributed by atoms with Crippen LogP contribution >= 0.6 is 22.6 Å². The van der Waals surface area contributed by atoms with Crippen molar-refractivity contribution in [3.05, 3.63) is 110 Å². The summed E-state index contributed by atoms with van der Waals surface area (Å²) in [5.74, 6) is -0.138. The van der Waals surface area contributed by atoms with Crippen LogP contribution in [0, 0.1) is 13.7 Å². The van der Waals surface area contributed by atoms with E-state index >= 15 is 0 Å². The molecule has 3 aromatic rings. The molecule has 5 heteroatoms. The van der Waals surface area contributed by atoms with Crippen LogP contribution in [-0.2, 0) is 0 Å². The number of ketones is 1. The number of nitro groups is 1. The molecule has 3 rings (SSSR count). The molecule has 0 radical (unpaired) electrons. The monoisotopic (exact) mass is 431 g/mol. The van der Waals surface area contributed by atoms with Crippen LogP contribution in [0.25, 0.3) is 0 Å². The number of hydrogen-bond donors (Lipinski definition) is 0. The number of nitro benzene ring substituents is 1. The summed E-state index contributed by atoms with van der Waals surface area (Å²) in [5, 5.41) is 10.5. The van der Waals surface area contributed by atoms with E-state index < -0.39 is 4.92 Å². The Morgan fingerprint density at radius 3 is 1.62 bits per heavy atom. The van der Waals surface area contributed by atoms with Crippen LogP contribution < -0.4 is 0 Å². The Kier molecular flexibility index (Phi) is 6.62. The summed E-state index contributed by atoms with van der Waals surface area (Å²) in [6.45, 7) is 0. The molecule has 0 aromatic heterocycles. The molecule has 0 saturated heterocycles. The average Bonchev–Trinajstić information content (AvgIpc) is 2.63. The van der Waals surface area contributed by atoms with Crippen LogP contribution in [0.1, 0.15) is 15.9 Å². The maximum absolute atomic E-state index is 12.0. The summed E-state index contributed by atoms with van der Waals surface area (Å²) < 4.78 is 1.29. The smallest absolute Gasteiger partial charge is 0.269 e. The lowest BCUT2D eigenvalue weighted by Crippen LogP contribution is -2.00. The summed E-state index contributed by atoms with van der Waals surface area (Å²) in [6, 6.07) is 24.6. The van der Waals surface area contributed by atoms with E-state index in [9.17, 15) is 14.9 Å². The van der Waals surface area contributed by atoms with E-state index in [0.717, 1.165) is 0 Å². The molecule has 0 amide bonds. The summed E-state index contributed by atoms with van der Waals surface area (Å²) >= 11 is 2.28. The van der Waals surface area contributed by atoms with Crippen LogP contribution in [0.15, 0.2) is 84.9 Å². The van der Waals surface area contributed by atoms with Gasteiger partial charge in [-0.15, -0.1) is 0 Å². The van der Waals surface area contributed by atoms with Crippen LogP contribution in [-0.4, -0.2) is 10.7 Å². The van der Waals surface area contributed by atoms with Gasteiger partial charge in [0.15, 0.2) is 5.78 Å². The van der Waals surface area contributed by atoms with E-state index in [1.165, 1.54) is 27.8 Å². The van der Waals surface area contributed by atoms with Crippen LogP contribution in [0.2, 0.25) is 0 Å². The molecule has 0 unspecified atom stereocenters. The van der Waals surface area contributed by atoms with E-state index in [-0.39, 0.29) is 11.5 Å². The quantitative estimate of drug-likeness (QED) is 0.251. The molecule has 4 nitrogen and oxygen atoms in total. The van der Waals surface area contributed by atoms with Crippen LogP contribution in [0.3, 0.4) is 0 Å². The molecule has 0 aliphatic rings. The molecule has 0 aliphatic carbocycles. The second kappa shape index (κ2) is 8.93. The summed E-state index contributed by atoms with van der Waals surface area (Å²) in [4.78, 5) is 21.9. The summed E-state index contributed by atoms with van der Waals surface area (Å²) in [7, 11) is 0.